The maximum Gasteiger partial charge on any atom is 0.333 e. The van der Waals surface area contributed by atoms with E-state index in [0.717, 1.165) is 10.8 Å². The topological polar surface area (TPSA) is 87.3 Å². The molecule has 0 amide bonds. The first-order valence-corrected chi connectivity index (χ1v) is 7.33. The molecule has 0 aliphatic carbocycles. The number of nitrogens with zero attached hydrogens (tertiary/aromatic N) is 3. The molecule has 0 N–H and O–H groups in total. The summed E-state index contributed by atoms with van der Waals surface area (Å²) in [6.07, 6.45) is 0. The Morgan fingerprint density at radius 3 is 2.58 bits per heavy atom. The second-order valence-electron chi connectivity index (χ2n) is 5.42. The van der Waals surface area contributed by atoms with Crippen LogP contribution in [0.3, 0.4) is 0 Å². The Balaban J connectivity index is 1.78. The van der Waals surface area contributed by atoms with E-state index in [4.69, 9.17) is 4.74 Å². The number of hydrogen-bond acceptors (Lipinski definition) is 5. The largest absolute Gasteiger partial charge is 0.425 e. The summed E-state index contributed by atoms with van der Waals surface area (Å²) < 4.78 is 6.61. The van der Waals surface area contributed by atoms with Gasteiger partial charge in [0.25, 0.3) is 0 Å². The van der Waals surface area contributed by atoms with Crippen LogP contribution < -0.4 is 4.74 Å². The summed E-state index contributed by atoms with van der Waals surface area (Å²) in [4.78, 5) is 22.6. The molecule has 3 rings (SSSR count). The first kappa shape index (κ1) is 15.7. The summed E-state index contributed by atoms with van der Waals surface area (Å²) in [6.45, 7) is 2.91. The molecule has 2 aromatic carbocycles. The van der Waals surface area contributed by atoms with Gasteiger partial charge in [0.1, 0.15) is 23.7 Å². The van der Waals surface area contributed by atoms with Crippen LogP contribution in [0.25, 0.3) is 10.8 Å². The van der Waals surface area contributed by atoms with Gasteiger partial charge in [-0.25, -0.2) is 4.79 Å². The lowest BCUT2D eigenvalue weighted by Crippen LogP contribution is -2.18. The van der Waals surface area contributed by atoms with Gasteiger partial charge in [0.2, 0.25) is 0 Å². The Morgan fingerprint density at radius 1 is 1.21 bits per heavy atom. The standard InChI is InChI=1S/C17H15N3O4/c1-11-17(20(22)23)12(2)19(18-11)10-16(21)24-15-8-7-13-5-3-4-6-14(13)9-15/h3-9H,10H2,1-2H3. The Morgan fingerprint density at radius 2 is 1.92 bits per heavy atom. The Labute approximate surface area is 137 Å². The van der Waals surface area contributed by atoms with Crippen LogP contribution in [0.2, 0.25) is 0 Å². The molecule has 0 saturated carbocycles. The van der Waals surface area contributed by atoms with Crippen molar-refractivity contribution in [2.75, 3.05) is 0 Å². The molecule has 0 bridgehead atoms. The van der Waals surface area contributed by atoms with Crippen molar-refractivity contribution in [2.45, 2.75) is 20.4 Å². The molecule has 7 heteroatoms. The first-order chi connectivity index (χ1) is 11.5. The molecule has 0 unspecified atom stereocenters. The number of carbonyl (C=O) groups is 1. The lowest BCUT2D eigenvalue weighted by molar-refractivity contribution is -0.386. The Hall–Kier alpha value is -3.22. The number of nitro groups is 1. The van der Waals surface area contributed by atoms with Gasteiger partial charge in [0, 0.05) is 0 Å². The lowest BCUT2D eigenvalue weighted by Gasteiger charge is -2.06. The predicted octanol–water partition coefficient (Wildman–Crippen LogP) is 3.17. The van der Waals surface area contributed by atoms with E-state index >= 15 is 0 Å². The van der Waals surface area contributed by atoms with Crippen molar-refractivity contribution >= 4 is 22.4 Å². The van der Waals surface area contributed by atoms with Crippen LogP contribution in [0.1, 0.15) is 11.4 Å². The quantitative estimate of drug-likeness (QED) is 0.318. The van der Waals surface area contributed by atoms with Crippen molar-refractivity contribution in [3.05, 3.63) is 64.0 Å². The van der Waals surface area contributed by atoms with E-state index in [0.29, 0.717) is 11.4 Å². The van der Waals surface area contributed by atoms with Crippen molar-refractivity contribution < 1.29 is 14.5 Å². The monoisotopic (exact) mass is 325 g/mol. The fourth-order valence-corrected chi connectivity index (χ4v) is 2.62. The number of carbonyl (C=O) groups excluding carboxylic acids is 1. The second kappa shape index (κ2) is 6.11. The van der Waals surface area contributed by atoms with E-state index < -0.39 is 10.9 Å². The van der Waals surface area contributed by atoms with Gasteiger partial charge in [-0.3, -0.25) is 14.8 Å². The van der Waals surface area contributed by atoms with Gasteiger partial charge in [-0.05, 0) is 36.8 Å². The number of aryl methyl sites for hydroxylation is 1. The number of fused-ring (bicyclic) bond motifs is 1. The molecule has 3 aromatic rings. The normalized spacial score (nSPS) is 10.8. The third kappa shape index (κ3) is 2.96. The average molecular weight is 325 g/mol. The van der Waals surface area contributed by atoms with Crippen molar-refractivity contribution in [3.8, 4) is 5.75 Å². The molecule has 1 aromatic heterocycles. The van der Waals surface area contributed by atoms with Gasteiger partial charge >= 0.3 is 11.7 Å². The molecule has 0 fully saturated rings. The number of hydrogen-bond donors (Lipinski definition) is 0. The minimum Gasteiger partial charge on any atom is -0.425 e. The molecule has 0 atom stereocenters. The van der Waals surface area contributed by atoms with Crippen molar-refractivity contribution in [1.82, 2.24) is 9.78 Å². The maximum atomic E-state index is 12.1. The van der Waals surface area contributed by atoms with E-state index in [1.807, 2.05) is 30.3 Å². The first-order valence-electron chi connectivity index (χ1n) is 7.33. The van der Waals surface area contributed by atoms with Gasteiger partial charge in [-0.15, -0.1) is 0 Å². The molecular weight excluding hydrogens is 310 g/mol. The van der Waals surface area contributed by atoms with Crippen LogP contribution in [0.15, 0.2) is 42.5 Å². The van der Waals surface area contributed by atoms with Crippen LogP contribution >= 0.6 is 0 Å². The third-order valence-corrected chi connectivity index (χ3v) is 3.76. The zero-order valence-corrected chi connectivity index (χ0v) is 13.2. The van der Waals surface area contributed by atoms with Gasteiger partial charge in [-0.2, -0.15) is 5.10 Å². The highest BCUT2D eigenvalue weighted by atomic mass is 16.6. The summed E-state index contributed by atoms with van der Waals surface area (Å²) in [5, 5.41) is 17.0. The lowest BCUT2D eigenvalue weighted by atomic mass is 10.1. The van der Waals surface area contributed by atoms with Crippen molar-refractivity contribution in [3.63, 3.8) is 0 Å². The second-order valence-corrected chi connectivity index (χ2v) is 5.42. The summed E-state index contributed by atoms with van der Waals surface area (Å²) in [6, 6.07) is 13.1. The fourth-order valence-electron chi connectivity index (χ4n) is 2.62. The smallest absolute Gasteiger partial charge is 0.333 e. The van der Waals surface area contributed by atoms with Crippen molar-refractivity contribution in [1.29, 1.82) is 0 Å². The highest BCUT2D eigenvalue weighted by molar-refractivity contribution is 5.84. The number of esters is 1. The van der Waals surface area contributed by atoms with Crippen LogP contribution in [-0.2, 0) is 11.3 Å². The van der Waals surface area contributed by atoms with E-state index in [1.165, 1.54) is 11.6 Å². The number of ether oxygens (including phenoxy) is 1. The summed E-state index contributed by atoms with van der Waals surface area (Å²) in [7, 11) is 0. The third-order valence-electron chi connectivity index (χ3n) is 3.76. The Bertz CT molecular complexity index is 946. The van der Waals surface area contributed by atoms with E-state index in [-0.39, 0.29) is 17.9 Å². The molecular formula is C17H15N3O4. The van der Waals surface area contributed by atoms with Crippen LogP contribution in [0.4, 0.5) is 5.69 Å². The molecule has 0 radical (unpaired) electrons. The van der Waals surface area contributed by atoms with E-state index in [9.17, 15) is 14.9 Å². The number of rotatable bonds is 4. The highest BCUT2D eigenvalue weighted by Crippen LogP contribution is 2.23. The number of aromatic nitrogens is 2. The van der Waals surface area contributed by atoms with Gasteiger partial charge in [0.15, 0.2) is 0 Å². The van der Waals surface area contributed by atoms with E-state index in [1.54, 1.807) is 19.1 Å². The van der Waals surface area contributed by atoms with Crippen LogP contribution in [-0.4, -0.2) is 20.7 Å². The van der Waals surface area contributed by atoms with Crippen molar-refractivity contribution in [2.24, 2.45) is 0 Å². The molecule has 0 spiro atoms. The van der Waals surface area contributed by atoms with Gasteiger partial charge in [-0.1, -0.05) is 30.3 Å². The molecule has 7 nitrogen and oxygen atoms in total. The maximum absolute atomic E-state index is 12.1. The molecule has 0 aliphatic heterocycles. The van der Waals surface area contributed by atoms with Gasteiger partial charge < -0.3 is 4.74 Å². The van der Waals surface area contributed by atoms with Gasteiger partial charge in [0.05, 0.1) is 4.92 Å². The number of benzene rings is 2. The highest BCUT2D eigenvalue weighted by Gasteiger charge is 2.23. The molecule has 1 heterocycles. The minimum atomic E-state index is -0.536. The zero-order valence-electron chi connectivity index (χ0n) is 13.2. The molecule has 24 heavy (non-hydrogen) atoms. The molecule has 0 saturated heterocycles. The summed E-state index contributed by atoms with van der Waals surface area (Å²) in [5.41, 5.74) is 0.525. The fraction of sp³-hybridized carbons (Fsp3) is 0.176. The summed E-state index contributed by atoms with van der Waals surface area (Å²) >= 11 is 0. The van der Waals surface area contributed by atoms with Crippen LogP contribution in [0.5, 0.6) is 5.75 Å². The minimum absolute atomic E-state index is 0.0755. The molecule has 0 aliphatic rings. The average Bonchev–Trinajstić information content (AvgIpc) is 2.81. The van der Waals surface area contributed by atoms with Crippen LogP contribution in [0, 0.1) is 24.0 Å². The SMILES string of the molecule is Cc1nn(CC(=O)Oc2ccc3ccccc3c2)c(C)c1[N+](=O)[O-]. The molecule has 122 valence electrons. The Kier molecular flexibility index (Phi) is 3.99. The predicted molar refractivity (Wildman–Crippen MR) is 87.9 cm³/mol. The summed E-state index contributed by atoms with van der Waals surface area (Å²) in [5.74, 6) is -0.111. The van der Waals surface area contributed by atoms with E-state index in [2.05, 4.69) is 5.10 Å². The zero-order chi connectivity index (χ0) is 17.3.